The van der Waals surface area contributed by atoms with Crippen molar-refractivity contribution in [1.82, 2.24) is 25.5 Å². The van der Waals surface area contributed by atoms with Crippen molar-refractivity contribution in [3.8, 4) is 10.6 Å². The number of nitrogens with one attached hydrogen (secondary N) is 3. The predicted molar refractivity (Wildman–Crippen MR) is 101 cm³/mol. The molecule has 1 fully saturated rings. The lowest BCUT2D eigenvalue weighted by Crippen LogP contribution is -2.27. The van der Waals surface area contributed by atoms with E-state index in [2.05, 4.69) is 54.4 Å². The number of nitrogens with zero attached hydrogens (tertiary/aromatic N) is 3. The molecule has 0 aromatic carbocycles. The summed E-state index contributed by atoms with van der Waals surface area (Å²) in [5.74, 6) is 2.24. The number of aromatic nitrogens is 4. The van der Waals surface area contributed by atoms with E-state index in [1.807, 2.05) is 13.1 Å². The van der Waals surface area contributed by atoms with Crippen LogP contribution >= 0.6 is 11.3 Å². The average molecular weight is 354 g/mol. The lowest BCUT2D eigenvalue weighted by Gasteiger charge is -2.22. The van der Waals surface area contributed by atoms with E-state index in [9.17, 15) is 0 Å². The molecule has 130 valence electrons. The first-order chi connectivity index (χ1) is 12.3. The third-order valence-electron chi connectivity index (χ3n) is 4.56. The van der Waals surface area contributed by atoms with Crippen LogP contribution in [0.4, 0.5) is 5.82 Å². The highest BCUT2D eigenvalue weighted by atomic mass is 32.1. The molecule has 0 saturated carbocycles. The second-order valence-electron chi connectivity index (χ2n) is 6.35. The number of anilines is 1. The molecule has 7 heteroatoms. The first-order valence-electron chi connectivity index (χ1n) is 8.66. The highest BCUT2D eigenvalue weighted by Gasteiger charge is 2.18. The Bertz CT molecular complexity index is 820. The summed E-state index contributed by atoms with van der Waals surface area (Å²) in [7, 11) is 0. The molecule has 0 bridgehead atoms. The molecule has 4 rings (SSSR count). The fourth-order valence-electron chi connectivity index (χ4n) is 3.27. The van der Waals surface area contributed by atoms with E-state index < -0.39 is 0 Å². The largest absolute Gasteiger partial charge is 0.366 e. The Morgan fingerprint density at radius 1 is 1.28 bits per heavy atom. The van der Waals surface area contributed by atoms with Crippen LogP contribution in [0.25, 0.3) is 10.6 Å². The van der Waals surface area contributed by atoms with Gasteiger partial charge < -0.3 is 10.6 Å². The molecule has 1 aliphatic rings. The SMILES string of the molecule is Cc1nc(NCc2cn[nH]c2-c2cccs2)cc(C2CCNCC2)n1. The van der Waals surface area contributed by atoms with Crippen LogP contribution in [0.5, 0.6) is 0 Å². The zero-order valence-corrected chi connectivity index (χ0v) is 15.1. The summed E-state index contributed by atoms with van der Waals surface area (Å²) in [5.41, 5.74) is 3.37. The van der Waals surface area contributed by atoms with Gasteiger partial charge in [-0.1, -0.05) is 6.07 Å². The third-order valence-corrected chi connectivity index (χ3v) is 5.45. The van der Waals surface area contributed by atoms with Crippen LogP contribution in [-0.4, -0.2) is 33.3 Å². The van der Waals surface area contributed by atoms with Crippen molar-refractivity contribution >= 4 is 17.2 Å². The van der Waals surface area contributed by atoms with Crippen molar-refractivity contribution in [2.45, 2.75) is 32.2 Å². The number of H-pyrrole nitrogens is 1. The Balaban J connectivity index is 1.50. The standard InChI is InChI=1S/C18H22N6S/c1-12-22-15(13-4-6-19-7-5-13)9-17(23-12)20-10-14-11-21-24-18(14)16-3-2-8-25-16/h2-3,8-9,11,13,19H,4-7,10H2,1H3,(H,21,24)(H,20,22,23). The minimum atomic E-state index is 0.527. The number of hydrogen-bond donors (Lipinski definition) is 3. The smallest absolute Gasteiger partial charge is 0.130 e. The van der Waals surface area contributed by atoms with Crippen LogP contribution in [-0.2, 0) is 6.54 Å². The van der Waals surface area contributed by atoms with Gasteiger partial charge in [0.25, 0.3) is 0 Å². The van der Waals surface area contributed by atoms with E-state index in [-0.39, 0.29) is 0 Å². The Morgan fingerprint density at radius 2 is 2.16 bits per heavy atom. The van der Waals surface area contributed by atoms with Crippen LogP contribution < -0.4 is 10.6 Å². The average Bonchev–Trinajstić information content (AvgIpc) is 3.31. The first-order valence-corrected chi connectivity index (χ1v) is 9.54. The highest BCUT2D eigenvalue weighted by Crippen LogP contribution is 2.27. The fourth-order valence-corrected chi connectivity index (χ4v) is 4.03. The van der Waals surface area contributed by atoms with Crippen molar-refractivity contribution in [1.29, 1.82) is 0 Å². The van der Waals surface area contributed by atoms with Gasteiger partial charge in [0, 0.05) is 29.8 Å². The van der Waals surface area contributed by atoms with Gasteiger partial charge in [-0.3, -0.25) is 5.10 Å². The maximum absolute atomic E-state index is 4.66. The monoisotopic (exact) mass is 354 g/mol. The van der Waals surface area contributed by atoms with Gasteiger partial charge >= 0.3 is 0 Å². The van der Waals surface area contributed by atoms with Gasteiger partial charge in [-0.15, -0.1) is 11.3 Å². The van der Waals surface area contributed by atoms with Crippen LogP contribution in [0.3, 0.4) is 0 Å². The number of hydrogen-bond acceptors (Lipinski definition) is 6. The molecule has 4 heterocycles. The summed E-state index contributed by atoms with van der Waals surface area (Å²) in [6, 6.07) is 6.26. The second kappa shape index (κ2) is 7.33. The summed E-state index contributed by atoms with van der Waals surface area (Å²) < 4.78 is 0. The highest BCUT2D eigenvalue weighted by molar-refractivity contribution is 7.13. The molecule has 3 aromatic heterocycles. The van der Waals surface area contributed by atoms with E-state index in [4.69, 9.17) is 0 Å². The number of rotatable bonds is 5. The summed E-state index contributed by atoms with van der Waals surface area (Å²) >= 11 is 1.71. The summed E-state index contributed by atoms with van der Waals surface area (Å²) in [4.78, 5) is 10.4. The molecule has 3 aromatic rings. The van der Waals surface area contributed by atoms with E-state index in [0.717, 1.165) is 54.5 Å². The van der Waals surface area contributed by atoms with Gasteiger partial charge in [0.05, 0.1) is 16.8 Å². The Labute approximate surface area is 151 Å². The van der Waals surface area contributed by atoms with Gasteiger partial charge in [0.15, 0.2) is 0 Å². The van der Waals surface area contributed by atoms with Crippen molar-refractivity contribution in [2.75, 3.05) is 18.4 Å². The number of thiophene rings is 1. The quantitative estimate of drug-likeness (QED) is 0.655. The van der Waals surface area contributed by atoms with Crippen LogP contribution in [0, 0.1) is 6.92 Å². The van der Waals surface area contributed by atoms with E-state index >= 15 is 0 Å². The molecule has 25 heavy (non-hydrogen) atoms. The first kappa shape index (κ1) is 16.2. The van der Waals surface area contributed by atoms with Crippen molar-refractivity contribution in [3.63, 3.8) is 0 Å². The van der Waals surface area contributed by atoms with Crippen LogP contribution in [0.15, 0.2) is 29.8 Å². The Morgan fingerprint density at radius 3 is 2.96 bits per heavy atom. The third kappa shape index (κ3) is 3.72. The minimum absolute atomic E-state index is 0.527. The zero-order valence-electron chi connectivity index (χ0n) is 14.2. The molecule has 0 radical (unpaired) electrons. The lowest BCUT2D eigenvalue weighted by molar-refractivity contribution is 0.452. The van der Waals surface area contributed by atoms with Gasteiger partial charge in [0.2, 0.25) is 0 Å². The maximum atomic E-state index is 4.66. The van der Waals surface area contributed by atoms with Crippen LogP contribution in [0.1, 0.15) is 35.8 Å². The summed E-state index contributed by atoms with van der Waals surface area (Å²) in [6.07, 6.45) is 4.16. The van der Waals surface area contributed by atoms with Gasteiger partial charge in [-0.05, 0) is 44.3 Å². The molecule has 0 unspecified atom stereocenters. The molecule has 6 nitrogen and oxygen atoms in total. The number of piperidine rings is 1. The maximum Gasteiger partial charge on any atom is 0.130 e. The lowest BCUT2D eigenvalue weighted by atomic mass is 9.94. The molecular weight excluding hydrogens is 332 g/mol. The number of aryl methyl sites for hydroxylation is 1. The van der Waals surface area contributed by atoms with E-state index in [1.165, 1.54) is 4.88 Å². The molecule has 0 aliphatic carbocycles. The second-order valence-corrected chi connectivity index (χ2v) is 7.30. The Kier molecular flexibility index (Phi) is 4.76. The van der Waals surface area contributed by atoms with Crippen molar-refractivity contribution in [3.05, 3.63) is 46.9 Å². The number of aromatic amines is 1. The Hall–Kier alpha value is -2.25. The topological polar surface area (TPSA) is 78.5 Å². The van der Waals surface area contributed by atoms with Gasteiger partial charge in [-0.2, -0.15) is 5.10 Å². The van der Waals surface area contributed by atoms with Crippen LogP contribution in [0.2, 0.25) is 0 Å². The molecular formula is C18H22N6S. The molecule has 1 saturated heterocycles. The van der Waals surface area contributed by atoms with Gasteiger partial charge in [0.1, 0.15) is 11.6 Å². The van der Waals surface area contributed by atoms with E-state index in [0.29, 0.717) is 12.5 Å². The molecule has 1 aliphatic heterocycles. The molecule has 3 N–H and O–H groups in total. The van der Waals surface area contributed by atoms with Crippen molar-refractivity contribution in [2.24, 2.45) is 0 Å². The molecule has 0 amide bonds. The summed E-state index contributed by atoms with van der Waals surface area (Å²) in [6.45, 7) is 4.78. The molecule has 0 atom stereocenters. The normalized spacial score (nSPS) is 15.4. The minimum Gasteiger partial charge on any atom is -0.366 e. The molecule has 0 spiro atoms. The zero-order chi connectivity index (χ0) is 17.1. The van der Waals surface area contributed by atoms with Gasteiger partial charge in [-0.25, -0.2) is 9.97 Å². The van der Waals surface area contributed by atoms with Crippen molar-refractivity contribution < 1.29 is 0 Å². The van der Waals surface area contributed by atoms with E-state index in [1.54, 1.807) is 11.3 Å². The predicted octanol–water partition coefficient (Wildman–Crippen LogP) is 3.32. The fraction of sp³-hybridized carbons (Fsp3) is 0.389. The summed E-state index contributed by atoms with van der Waals surface area (Å²) in [5, 5.41) is 16.2.